The van der Waals surface area contributed by atoms with Gasteiger partial charge in [0.05, 0.1) is 7.11 Å². The molecule has 3 aromatic rings. The highest BCUT2D eigenvalue weighted by Crippen LogP contribution is 2.20. The minimum absolute atomic E-state index is 0.113. The van der Waals surface area contributed by atoms with Gasteiger partial charge in [-0.05, 0) is 50.2 Å². The van der Waals surface area contributed by atoms with Crippen molar-refractivity contribution < 1.29 is 9.53 Å². The summed E-state index contributed by atoms with van der Waals surface area (Å²) in [6, 6.07) is 14.0. The fourth-order valence-corrected chi connectivity index (χ4v) is 3.30. The Labute approximate surface area is 169 Å². The standard InChI is InChI=1S/C21H24N4O2S/c1-14-5-4-6-17(12-14)20-23-24-21(28)25(20)13-19(26)22-10-9-16-11-15(2)7-8-18(16)27-3/h4-8,11-12H,9-10,13H2,1-3H3,(H,22,26)(H,24,28). The molecule has 0 bridgehead atoms. The van der Waals surface area contributed by atoms with E-state index in [-0.39, 0.29) is 12.5 Å². The highest BCUT2D eigenvalue weighted by molar-refractivity contribution is 7.71. The number of aryl methyl sites for hydroxylation is 2. The molecule has 2 aromatic carbocycles. The number of amides is 1. The summed E-state index contributed by atoms with van der Waals surface area (Å²) in [6.07, 6.45) is 0.693. The van der Waals surface area contributed by atoms with Crippen LogP contribution in [0, 0.1) is 18.6 Å². The third kappa shape index (κ3) is 4.67. The van der Waals surface area contributed by atoms with Crippen LogP contribution < -0.4 is 10.1 Å². The van der Waals surface area contributed by atoms with E-state index in [0.29, 0.717) is 23.6 Å². The minimum Gasteiger partial charge on any atom is -0.496 e. The zero-order valence-electron chi connectivity index (χ0n) is 16.3. The van der Waals surface area contributed by atoms with Crippen molar-refractivity contribution in [2.75, 3.05) is 13.7 Å². The molecule has 0 radical (unpaired) electrons. The average molecular weight is 397 g/mol. The molecule has 146 valence electrons. The van der Waals surface area contributed by atoms with Gasteiger partial charge in [-0.25, -0.2) is 0 Å². The molecule has 2 N–H and O–H groups in total. The van der Waals surface area contributed by atoms with Gasteiger partial charge < -0.3 is 10.1 Å². The summed E-state index contributed by atoms with van der Waals surface area (Å²) in [7, 11) is 1.65. The van der Waals surface area contributed by atoms with E-state index in [1.807, 2.05) is 50.2 Å². The smallest absolute Gasteiger partial charge is 0.240 e. The predicted molar refractivity (Wildman–Crippen MR) is 112 cm³/mol. The summed E-state index contributed by atoms with van der Waals surface area (Å²) in [5, 5.41) is 10.0. The SMILES string of the molecule is COc1ccc(C)cc1CCNC(=O)Cn1c(-c2cccc(C)c2)n[nH]c1=S. The molecule has 0 aliphatic heterocycles. The van der Waals surface area contributed by atoms with Crippen LogP contribution >= 0.6 is 12.2 Å². The van der Waals surface area contributed by atoms with Crippen molar-refractivity contribution in [3.05, 3.63) is 63.9 Å². The second kappa shape index (κ2) is 8.84. The summed E-state index contributed by atoms with van der Waals surface area (Å²) < 4.78 is 7.53. The first-order chi connectivity index (χ1) is 13.5. The van der Waals surface area contributed by atoms with Crippen LogP contribution in [0.4, 0.5) is 0 Å². The van der Waals surface area contributed by atoms with E-state index in [0.717, 1.165) is 28.0 Å². The lowest BCUT2D eigenvalue weighted by Crippen LogP contribution is -2.29. The van der Waals surface area contributed by atoms with Gasteiger partial charge >= 0.3 is 0 Å². The maximum atomic E-state index is 12.5. The minimum atomic E-state index is -0.113. The number of aromatic nitrogens is 3. The highest BCUT2D eigenvalue weighted by atomic mass is 32.1. The van der Waals surface area contributed by atoms with E-state index < -0.39 is 0 Å². The Bertz CT molecular complexity index is 1040. The lowest BCUT2D eigenvalue weighted by Gasteiger charge is -2.11. The number of benzene rings is 2. The first-order valence-corrected chi connectivity index (χ1v) is 9.51. The molecule has 28 heavy (non-hydrogen) atoms. The van der Waals surface area contributed by atoms with Gasteiger partial charge in [-0.15, -0.1) is 0 Å². The zero-order chi connectivity index (χ0) is 20.1. The molecule has 0 atom stereocenters. The van der Waals surface area contributed by atoms with Crippen LogP contribution in [0.15, 0.2) is 42.5 Å². The van der Waals surface area contributed by atoms with Gasteiger partial charge in [-0.2, -0.15) is 5.10 Å². The summed E-state index contributed by atoms with van der Waals surface area (Å²) in [6.45, 7) is 4.68. The van der Waals surface area contributed by atoms with Crippen molar-refractivity contribution in [1.29, 1.82) is 0 Å². The maximum absolute atomic E-state index is 12.5. The fourth-order valence-electron chi connectivity index (χ4n) is 3.11. The Morgan fingerprint density at radius 1 is 1.21 bits per heavy atom. The third-order valence-electron chi connectivity index (χ3n) is 4.49. The first kappa shape index (κ1) is 19.8. The van der Waals surface area contributed by atoms with Gasteiger partial charge in [0, 0.05) is 12.1 Å². The maximum Gasteiger partial charge on any atom is 0.240 e. The van der Waals surface area contributed by atoms with Gasteiger partial charge in [0.15, 0.2) is 10.6 Å². The van der Waals surface area contributed by atoms with Crippen LogP contribution in [0.25, 0.3) is 11.4 Å². The van der Waals surface area contributed by atoms with Crippen LogP contribution in [-0.2, 0) is 17.8 Å². The highest BCUT2D eigenvalue weighted by Gasteiger charge is 2.12. The first-order valence-electron chi connectivity index (χ1n) is 9.10. The molecule has 7 heteroatoms. The number of aromatic amines is 1. The number of H-pyrrole nitrogens is 1. The molecule has 0 fully saturated rings. The van der Waals surface area contributed by atoms with Gasteiger partial charge in [-0.3, -0.25) is 14.5 Å². The number of nitrogens with one attached hydrogen (secondary N) is 2. The van der Waals surface area contributed by atoms with E-state index in [4.69, 9.17) is 17.0 Å². The largest absolute Gasteiger partial charge is 0.496 e. The molecule has 0 saturated carbocycles. The van der Waals surface area contributed by atoms with Crippen molar-refractivity contribution in [3.8, 4) is 17.1 Å². The molecule has 6 nitrogen and oxygen atoms in total. The quantitative estimate of drug-likeness (QED) is 0.599. The molecule has 1 aromatic heterocycles. The van der Waals surface area contributed by atoms with E-state index in [2.05, 4.69) is 21.6 Å². The second-order valence-electron chi connectivity index (χ2n) is 6.72. The number of carbonyl (C=O) groups excluding carboxylic acids is 1. The van der Waals surface area contributed by atoms with E-state index in [9.17, 15) is 4.79 Å². The van der Waals surface area contributed by atoms with Crippen LogP contribution in [0.5, 0.6) is 5.75 Å². The van der Waals surface area contributed by atoms with Crippen molar-refractivity contribution in [1.82, 2.24) is 20.1 Å². The number of ether oxygens (including phenoxy) is 1. The molecule has 0 aliphatic rings. The zero-order valence-corrected chi connectivity index (χ0v) is 17.1. The summed E-state index contributed by atoms with van der Waals surface area (Å²) in [4.78, 5) is 12.5. The predicted octanol–water partition coefficient (Wildman–Crippen LogP) is 3.59. The van der Waals surface area contributed by atoms with E-state index in [1.165, 1.54) is 0 Å². The van der Waals surface area contributed by atoms with Crippen molar-refractivity contribution in [2.45, 2.75) is 26.8 Å². The van der Waals surface area contributed by atoms with Gasteiger partial charge in [-0.1, -0.05) is 41.5 Å². The monoisotopic (exact) mass is 396 g/mol. The summed E-state index contributed by atoms with van der Waals surface area (Å²) in [5.74, 6) is 1.38. The Balaban J connectivity index is 1.66. The topological polar surface area (TPSA) is 71.9 Å². The number of carbonyl (C=O) groups is 1. The van der Waals surface area contributed by atoms with Crippen LogP contribution in [-0.4, -0.2) is 34.3 Å². The summed E-state index contributed by atoms with van der Waals surface area (Å²) >= 11 is 5.31. The fraction of sp³-hybridized carbons (Fsp3) is 0.286. The average Bonchev–Trinajstić information content (AvgIpc) is 3.02. The molecule has 0 aliphatic carbocycles. The second-order valence-corrected chi connectivity index (χ2v) is 7.11. The van der Waals surface area contributed by atoms with Crippen LogP contribution in [0.3, 0.4) is 0 Å². The number of hydrogen-bond donors (Lipinski definition) is 2. The molecule has 3 rings (SSSR count). The Kier molecular flexibility index (Phi) is 6.26. The third-order valence-corrected chi connectivity index (χ3v) is 4.80. The van der Waals surface area contributed by atoms with E-state index >= 15 is 0 Å². The van der Waals surface area contributed by atoms with Crippen molar-refractivity contribution in [2.24, 2.45) is 0 Å². The normalized spacial score (nSPS) is 10.7. The Morgan fingerprint density at radius 2 is 2.00 bits per heavy atom. The molecule has 0 unspecified atom stereocenters. The molecule has 0 saturated heterocycles. The summed E-state index contributed by atoms with van der Waals surface area (Å²) in [5.41, 5.74) is 4.27. The molecule has 1 heterocycles. The Hall–Kier alpha value is -2.93. The van der Waals surface area contributed by atoms with Crippen molar-refractivity contribution >= 4 is 18.1 Å². The van der Waals surface area contributed by atoms with Crippen LogP contribution in [0.1, 0.15) is 16.7 Å². The van der Waals surface area contributed by atoms with Crippen LogP contribution in [0.2, 0.25) is 0 Å². The van der Waals surface area contributed by atoms with E-state index in [1.54, 1.807) is 11.7 Å². The van der Waals surface area contributed by atoms with Gasteiger partial charge in [0.25, 0.3) is 0 Å². The number of rotatable bonds is 7. The molecule has 1 amide bonds. The number of hydrogen-bond acceptors (Lipinski definition) is 4. The Morgan fingerprint density at radius 3 is 2.75 bits per heavy atom. The molecular weight excluding hydrogens is 372 g/mol. The lowest BCUT2D eigenvalue weighted by molar-refractivity contribution is -0.121. The number of methoxy groups -OCH3 is 1. The number of nitrogens with zero attached hydrogens (tertiary/aromatic N) is 2. The van der Waals surface area contributed by atoms with Gasteiger partial charge in [0.1, 0.15) is 12.3 Å². The van der Waals surface area contributed by atoms with Crippen molar-refractivity contribution in [3.63, 3.8) is 0 Å². The lowest BCUT2D eigenvalue weighted by atomic mass is 10.1. The molecule has 0 spiro atoms. The molecular formula is C21H24N4O2S. The van der Waals surface area contributed by atoms with Gasteiger partial charge in [0.2, 0.25) is 5.91 Å².